The van der Waals surface area contributed by atoms with Crippen LogP contribution in [0.25, 0.3) is 0 Å². The number of esters is 1. The van der Waals surface area contributed by atoms with Crippen LogP contribution in [0, 0.1) is 0 Å². The molecule has 0 fully saturated rings. The van der Waals surface area contributed by atoms with Crippen molar-refractivity contribution in [2.24, 2.45) is 0 Å². The third kappa shape index (κ3) is 3.52. The molecule has 0 radical (unpaired) electrons. The zero-order valence-corrected chi connectivity index (χ0v) is 13.1. The normalized spacial score (nSPS) is 17.1. The molecule has 3 rings (SSSR count). The summed E-state index contributed by atoms with van der Waals surface area (Å²) in [6, 6.07) is 15.7. The van der Waals surface area contributed by atoms with E-state index in [4.69, 9.17) is 4.74 Å². The van der Waals surface area contributed by atoms with Crippen LogP contribution in [0.15, 0.2) is 53.0 Å². The largest absolute Gasteiger partial charge is 0.460 e. The molecule has 0 bridgehead atoms. The molecule has 21 heavy (non-hydrogen) atoms. The highest BCUT2D eigenvalue weighted by Gasteiger charge is 2.25. The molecule has 2 aromatic rings. The molecule has 0 unspecified atom stereocenters. The maximum absolute atomic E-state index is 12.2. The second kappa shape index (κ2) is 6.41. The van der Waals surface area contributed by atoms with Crippen LogP contribution < -0.4 is 5.32 Å². The highest BCUT2D eigenvalue weighted by Crippen LogP contribution is 2.17. The van der Waals surface area contributed by atoms with Gasteiger partial charge in [0.25, 0.3) is 0 Å². The van der Waals surface area contributed by atoms with Crippen molar-refractivity contribution in [1.82, 2.24) is 5.32 Å². The highest BCUT2D eigenvalue weighted by molar-refractivity contribution is 9.10. The zero-order chi connectivity index (χ0) is 14.7. The van der Waals surface area contributed by atoms with E-state index in [1.54, 1.807) is 0 Å². The summed E-state index contributed by atoms with van der Waals surface area (Å²) in [5, 5.41) is 3.24. The smallest absolute Gasteiger partial charge is 0.323 e. The summed E-state index contributed by atoms with van der Waals surface area (Å²) in [4.78, 5) is 12.2. The maximum atomic E-state index is 12.2. The second-order valence-corrected chi connectivity index (χ2v) is 6.06. The van der Waals surface area contributed by atoms with Gasteiger partial charge in [-0.15, -0.1) is 0 Å². The van der Waals surface area contributed by atoms with Gasteiger partial charge in [0, 0.05) is 11.0 Å². The minimum Gasteiger partial charge on any atom is -0.460 e. The summed E-state index contributed by atoms with van der Waals surface area (Å²) < 4.78 is 6.42. The first-order chi connectivity index (χ1) is 10.2. The molecule has 1 N–H and O–H groups in total. The molecule has 0 spiro atoms. The van der Waals surface area contributed by atoms with Gasteiger partial charge in [0.05, 0.1) is 0 Å². The Balaban J connectivity index is 1.58. The Morgan fingerprint density at radius 2 is 1.86 bits per heavy atom. The topological polar surface area (TPSA) is 38.3 Å². The van der Waals surface area contributed by atoms with E-state index in [1.165, 1.54) is 11.1 Å². The molecule has 1 heterocycles. The van der Waals surface area contributed by atoms with Gasteiger partial charge in [-0.2, -0.15) is 0 Å². The molecule has 4 heteroatoms. The summed E-state index contributed by atoms with van der Waals surface area (Å²) in [7, 11) is 0. The summed E-state index contributed by atoms with van der Waals surface area (Å²) in [5.41, 5.74) is 3.47. The number of halogens is 1. The van der Waals surface area contributed by atoms with Gasteiger partial charge < -0.3 is 10.1 Å². The second-order valence-electron chi connectivity index (χ2n) is 5.14. The SMILES string of the molecule is O=C(OCc1ccc(Br)cc1)[C@H]1Cc2ccccc2CN1. The van der Waals surface area contributed by atoms with Crippen molar-refractivity contribution in [3.05, 3.63) is 69.7 Å². The molecule has 108 valence electrons. The minimum absolute atomic E-state index is 0.188. The van der Waals surface area contributed by atoms with Crippen LogP contribution in [0.5, 0.6) is 0 Å². The number of carbonyl (C=O) groups is 1. The Morgan fingerprint density at radius 1 is 1.14 bits per heavy atom. The summed E-state index contributed by atoms with van der Waals surface area (Å²) >= 11 is 3.39. The standard InChI is InChI=1S/C17H16BrNO2/c18-15-7-5-12(6-8-15)11-21-17(20)16-9-13-3-1-2-4-14(13)10-19-16/h1-8,16,19H,9-11H2/t16-/m1/s1. The van der Waals surface area contributed by atoms with Crippen molar-refractivity contribution in [3.63, 3.8) is 0 Å². The molecule has 0 saturated carbocycles. The van der Waals surface area contributed by atoms with Gasteiger partial charge in [-0.1, -0.05) is 52.3 Å². The fraction of sp³-hybridized carbons (Fsp3) is 0.235. The van der Waals surface area contributed by atoms with Crippen molar-refractivity contribution < 1.29 is 9.53 Å². The summed E-state index contributed by atoms with van der Waals surface area (Å²) in [6.45, 7) is 1.03. The van der Waals surface area contributed by atoms with Crippen molar-refractivity contribution in [2.75, 3.05) is 0 Å². The third-order valence-corrected chi connectivity index (χ3v) is 4.19. The van der Waals surface area contributed by atoms with Crippen molar-refractivity contribution in [3.8, 4) is 0 Å². The molecule has 0 saturated heterocycles. The first-order valence-electron chi connectivity index (χ1n) is 6.93. The Morgan fingerprint density at radius 3 is 2.62 bits per heavy atom. The quantitative estimate of drug-likeness (QED) is 0.868. The van der Waals surface area contributed by atoms with Gasteiger partial charge in [-0.25, -0.2) is 0 Å². The number of rotatable bonds is 3. The number of benzene rings is 2. The lowest BCUT2D eigenvalue weighted by Gasteiger charge is -2.24. The Bertz CT molecular complexity index is 639. The molecule has 1 aliphatic heterocycles. The van der Waals surface area contributed by atoms with E-state index in [1.807, 2.05) is 36.4 Å². The minimum atomic E-state index is -0.254. The van der Waals surface area contributed by atoms with Crippen LogP contribution in [-0.4, -0.2) is 12.0 Å². The van der Waals surface area contributed by atoms with Crippen molar-refractivity contribution in [1.29, 1.82) is 0 Å². The van der Waals surface area contributed by atoms with Crippen molar-refractivity contribution in [2.45, 2.75) is 25.6 Å². The van der Waals surface area contributed by atoms with Gasteiger partial charge in [-0.3, -0.25) is 4.79 Å². The monoisotopic (exact) mass is 345 g/mol. The van der Waals surface area contributed by atoms with E-state index in [-0.39, 0.29) is 12.0 Å². The molecule has 1 atom stereocenters. The summed E-state index contributed by atoms with van der Waals surface area (Å²) in [5.74, 6) is -0.188. The fourth-order valence-electron chi connectivity index (χ4n) is 2.46. The van der Waals surface area contributed by atoms with Crippen LogP contribution in [0.1, 0.15) is 16.7 Å². The van der Waals surface area contributed by atoms with E-state index >= 15 is 0 Å². The van der Waals surface area contributed by atoms with Crippen molar-refractivity contribution >= 4 is 21.9 Å². The van der Waals surface area contributed by atoms with Crippen LogP contribution in [0.4, 0.5) is 0 Å². The third-order valence-electron chi connectivity index (χ3n) is 3.66. The lowest BCUT2D eigenvalue weighted by molar-refractivity contribution is -0.147. The molecular formula is C17H16BrNO2. The van der Waals surface area contributed by atoms with Gasteiger partial charge in [-0.05, 0) is 35.2 Å². The number of ether oxygens (including phenoxy) is 1. The lowest BCUT2D eigenvalue weighted by atomic mass is 9.96. The number of hydrogen-bond acceptors (Lipinski definition) is 3. The molecule has 2 aromatic carbocycles. The molecule has 0 aliphatic carbocycles. The number of hydrogen-bond donors (Lipinski definition) is 1. The first kappa shape index (κ1) is 14.3. The molecule has 3 nitrogen and oxygen atoms in total. The van der Waals surface area contributed by atoms with Crippen LogP contribution in [0.3, 0.4) is 0 Å². The predicted molar refractivity (Wildman–Crippen MR) is 84.7 cm³/mol. The number of carbonyl (C=O) groups excluding carboxylic acids is 1. The predicted octanol–water partition coefficient (Wildman–Crippen LogP) is 3.21. The van der Waals surface area contributed by atoms with E-state index in [2.05, 4.69) is 33.4 Å². The number of nitrogens with one attached hydrogen (secondary N) is 1. The van der Waals surface area contributed by atoms with E-state index < -0.39 is 0 Å². The van der Waals surface area contributed by atoms with E-state index in [9.17, 15) is 4.79 Å². The van der Waals surface area contributed by atoms with Gasteiger partial charge in [0.2, 0.25) is 0 Å². The summed E-state index contributed by atoms with van der Waals surface area (Å²) in [6.07, 6.45) is 0.690. The molecule has 0 aromatic heterocycles. The van der Waals surface area contributed by atoms with Gasteiger partial charge >= 0.3 is 5.97 Å². The van der Waals surface area contributed by atoms with Gasteiger partial charge in [0.15, 0.2) is 0 Å². The Hall–Kier alpha value is -1.65. The van der Waals surface area contributed by atoms with E-state index in [0.717, 1.165) is 10.0 Å². The number of fused-ring (bicyclic) bond motifs is 1. The molecular weight excluding hydrogens is 330 g/mol. The Kier molecular flexibility index (Phi) is 4.36. The average molecular weight is 346 g/mol. The van der Waals surface area contributed by atoms with E-state index in [0.29, 0.717) is 19.6 Å². The zero-order valence-electron chi connectivity index (χ0n) is 11.5. The lowest BCUT2D eigenvalue weighted by Crippen LogP contribution is -2.42. The highest BCUT2D eigenvalue weighted by atomic mass is 79.9. The average Bonchev–Trinajstić information content (AvgIpc) is 2.53. The Labute approximate surface area is 132 Å². The molecule has 1 aliphatic rings. The van der Waals surface area contributed by atoms with Gasteiger partial charge in [0.1, 0.15) is 12.6 Å². The molecule has 0 amide bonds. The van der Waals surface area contributed by atoms with Crippen LogP contribution >= 0.6 is 15.9 Å². The maximum Gasteiger partial charge on any atom is 0.323 e. The first-order valence-corrected chi connectivity index (χ1v) is 7.73. The van der Waals surface area contributed by atoms with Crippen LogP contribution in [0.2, 0.25) is 0 Å². The fourth-order valence-corrected chi connectivity index (χ4v) is 2.72. The van der Waals surface area contributed by atoms with Crippen LogP contribution in [-0.2, 0) is 29.1 Å².